The van der Waals surface area contributed by atoms with Gasteiger partial charge in [0, 0.05) is 23.2 Å². The number of aromatic carboxylic acids is 2. The van der Waals surface area contributed by atoms with Crippen LogP contribution in [0.1, 0.15) is 53.6 Å². The van der Waals surface area contributed by atoms with Crippen LogP contribution in [0.3, 0.4) is 0 Å². The van der Waals surface area contributed by atoms with Crippen LogP contribution in [0.25, 0.3) is 55.4 Å². The van der Waals surface area contributed by atoms with Crippen molar-refractivity contribution in [3.8, 4) is 33.4 Å². The minimum absolute atomic E-state index is 0.0979. The number of hydrogen-bond acceptors (Lipinski definition) is 9. The van der Waals surface area contributed by atoms with E-state index in [2.05, 4.69) is 50.3 Å². The minimum Gasteiger partial charge on any atom is -0.478 e. The fourth-order valence-electron chi connectivity index (χ4n) is 7.25. The number of carboxylic acid groups (broad SMARTS) is 2. The summed E-state index contributed by atoms with van der Waals surface area (Å²) in [6.45, 7) is 3.77. The normalized spacial score (nSPS) is 10.3. The van der Waals surface area contributed by atoms with Crippen molar-refractivity contribution in [3.63, 3.8) is 0 Å². The average molecular weight is 925 g/mol. The molecule has 6 aromatic carbocycles. The summed E-state index contributed by atoms with van der Waals surface area (Å²) in [5.74, 6) is -2.23. The molecule has 0 aliphatic rings. The summed E-state index contributed by atoms with van der Waals surface area (Å²) in [7, 11) is 0. The SMILES string of the molecule is Cc1nc2ncccc2cc1C(=O)O.Cc1nc2ncccc2cc1C(=O)OCc1cccc(-c2ccccc2)c1.O=C(O)c1cccc(-c2ccccc2)c1.OCc1cccc(-c2ccccc2)c1. The number of ether oxygens (including phenoxy) is 1. The third kappa shape index (κ3) is 13.2. The van der Waals surface area contributed by atoms with Gasteiger partial charge >= 0.3 is 17.9 Å². The van der Waals surface area contributed by atoms with Crippen molar-refractivity contribution >= 4 is 40.0 Å². The third-order valence-electron chi connectivity index (χ3n) is 10.8. The molecule has 0 saturated heterocycles. The Balaban J connectivity index is 0.000000145. The van der Waals surface area contributed by atoms with Crippen LogP contribution in [0.4, 0.5) is 0 Å². The molecule has 4 heterocycles. The van der Waals surface area contributed by atoms with E-state index >= 15 is 0 Å². The molecule has 11 nitrogen and oxygen atoms in total. The number of rotatable bonds is 9. The number of aromatic nitrogens is 4. The van der Waals surface area contributed by atoms with Crippen LogP contribution in [-0.4, -0.2) is 53.2 Å². The average Bonchev–Trinajstić information content (AvgIpc) is 3.41. The maximum Gasteiger partial charge on any atom is 0.340 e. The van der Waals surface area contributed by atoms with E-state index in [0.29, 0.717) is 33.8 Å². The number of aliphatic hydroxyl groups excluding tert-OH is 1. The summed E-state index contributed by atoms with van der Waals surface area (Å²) in [5, 5.41) is 28.3. The van der Waals surface area contributed by atoms with Crippen LogP contribution >= 0.6 is 0 Å². The van der Waals surface area contributed by atoms with Crippen molar-refractivity contribution in [2.75, 3.05) is 0 Å². The molecule has 10 aromatic rings. The van der Waals surface area contributed by atoms with Gasteiger partial charge in [0.1, 0.15) is 6.61 Å². The van der Waals surface area contributed by atoms with Gasteiger partial charge in [-0.3, -0.25) is 0 Å². The molecule has 0 bridgehead atoms. The van der Waals surface area contributed by atoms with Crippen molar-refractivity contribution in [1.82, 2.24) is 19.9 Å². The first-order valence-corrected chi connectivity index (χ1v) is 22.2. The van der Waals surface area contributed by atoms with Gasteiger partial charge in [-0.2, -0.15) is 0 Å². The van der Waals surface area contributed by atoms with Gasteiger partial charge in [-0.25, -0.2) is 34.3 Å². The molecule has 0 radical (unpaired) electrons. The van der Waals surface area contributed by atoms with E-state index in [9.17, 15) is 14.4 Å². The molecule has 0 aliphatic carbocycles. The Morgan fingerprint density at radius 1 is 0.443 bits per heavy atom. The smallest absolute Gasteiger partial charge is 0.340 e. The van der Waals surface area contributed by atoms with Gasteiger partial charge in [0.15, 0.2) is 11.3 Å². The van der Waals surface area contributed by atoms with Gasteiger partial charge in [0.05, 0.1) is 34.7 Å². The Bertz CT molecular complexity index is 3370. The van der Waals surface area contributed by atoms with Crippen LogP contribution in [-0.2, 0) is 18.0 Å². The monoisotopic (exact) mass is 924 g/mol. The van der Waals surface area contributed by atoms with Gasteiger partial charge < -0.3 is 20.1 Å². The van der Waals surface area contributed by atoms with Crippen molar-refractivity contribution in [2.24, 2.45) is 0 Å². The van der Waals surface area contributed by atoms with E-state index in [1.54, 1.807) is 68.7 Å². The van der Waals surface area contributed by atoms with Crippen LogP contribution in [0, 0.1) is 13.8 Å². The van der Waals surface area contributed by atoms with Crippen LogP contribution in [0.2, 0.25) is 0 Å². The fraction of sp³-hybridized carbons (Fsp3) is 0.0678. The second-order valence-electron chi connectivity index (χ2n) is 15.8. The van der Waals surface area contributed by atoms with E-state index < -0.39 is 11.9 Å². The molecule has 0 fully saturated rings. The number of pyridine rings is 4. The van der Waals surface area contributed by atoms with Gasteiger partial charge in [-0.1, -0.05) is 140 Å². The molecule has 11 heteroatoms. The quantitative estimate of drug-likeness (QED) is 0.118. The summed E-state index contributed by atoms with van der Waals surface area (Å²) < 4.78 is 5.54. The number of benzene rings is 6. The second-order valence-corrected chi connectivity index (χ2v) is 15.8. The summed E-state index contributed by atoms with van der Waals surface area (Å²) >= 11 is 0. The maximum atomic E-state index is 12.6. The number of aryl methyl sites for hydroxylation is 2. The van der Waals surface area contributed by atoms with Gasteiger partial charge in [-0.15, -0.1) is 0 Å². The van der Waals surface area contributed by atoms with Crippen LogP contribution in [0.5, 0.6) is 0 Å². The van der Waals surface area contributed by atoms with Crippen molar-refractivity contribution in [1.29, 1.82) is 0 Å². The molecule has 3 N–H and O–H groups in total. The number of fused-ring (bicyclic) bond motifs is 2. The highest BCUT2D eigenvalue weighted by atomic mass is 16.5. The number of carboxylic acids is 2. The molecular weight excluding hydrogens is 877 g/mol. The number of nitrogens with zero attached hydrogens (tertiary/aromatic N) is 4. The standard InChI is InChI=1S/C23H18N2O2.C13H10O2.C13H12O.C10H8N2O2/c1-16-21(14-20-11-6-12-24-22(20)25-16)23(26)27-15-17-7-5-10-19(13-17)18-8-3-2-4-9-18;14-13(15)12-8-4-7-11(9-12)10-5-2-1-3-6-10;14-10-11-5-4-8-13(9-11)12-6-2-1-3-7-12;1-6-8(10(13)14)5-7-3-2-4-11-9(7)12-6/h2-14H,15H2,1H3;1-9H,(H,14,15);1-9,14H,10H2;2-5H,1H3,(H,13,14). The van der Waals surface area contributed by atoms with E-state index in [0.717, 1.165) is 49.7 Å². The molecule has 0 atom stereocenters. The molecule has 10 rings (SSSR count). The van der Waals surface area contributed by atoms with Crippen molar-refractivity contribution in [2.45, 2.75) is 27.1 Å². The number of carbonyl (C=O) groups excluding carboxylic acids is 1. The Morgan fingerprint density at radius 2 is 0.871 bits per heavy atom. The second kappa shape index (κ2) is 24.0. The first-order valence-electron chi connectivity index (χ1n) is 22.2. The fourth-order valence-corrected chi connectivity index (χ4v) is 7.25. The van der Waals surface area contributed by atoms with Gasteiger partial charge in [-0.05, 0) is 119 Å². The Kier molecular flexibility index (Phi) is 16.7. The zero-order valence-corrected chi connectivity index (χ0v) is 38.4. The molecule has 4 aromatic heterocycles. The molecule has 70 heavy (non-hydrogen) atoms. The number of carbonyl (C=O) groups is 3. The molecule has 0 amide bonds. The van der Waals surface area contributed by atoms with Crippen molar-refractivity contribution in [3.05, 3.63) is 252 Å². The molecule has 346 valence electrons. The zero-order chi connectivity index (χ0) is 49.2. The molecule has 0 aliphatic heterocycles. The first-order chi connectivity index (χ1) is 34.1. The zero-order valence-electron chi connectivity index (χ0n) is 38.4. The largest absolute Gasteiger partial charge is 0.478 e. The summed E-state index contributed by atoms with van der Waals surface area (Å²) in [6.07, 6.45) is 3.32. The topological polar surface area (TPSA) is 173 Å². The first kappa shape index (κ1) is 48.7. The predicted octanol–water partition coefficient (Wildman–Crippen LogP) is 12.5. The van der Waals surface area contributed by atoms with E-state index in [1.807, 2.05) is 127 Å². The number of esters is 1. The Hall–Kier alpha value is -9.19. The predicted molar refractivity (Wildman–Crippen MR) is 273 cm³/mol. The summed E-state index contributed by atoms with van der Waals surface area (Å²) in [6, 6.07) is 63.5. The lowest BCUT2D eigenvalue weighted by Gasteiger charge is -2.09. The Morgan fingerprint density at radius 3 is 1.36 bits per heavy atom. The van der Waals surface area contributed by atoms with Gasteiger partial charge in [0.25, 0.3) is 0 Å². The lowest BCUT2D eigenvalue weighted by atomic mass is 10.0. The molecule has 0 saturated carbocycles. The van der Waals surface area contributed by atoms with E-state index in [-0.39, 0.29) is 24.7 Å². The highest BCUT2D eigenvalue weighted by Crippen LogP contribution is 2.23. The highest BCUT2D eigenvalue weighted by molar-refractivity contribution is 5.95. The highest BCUT2D eigenvalue weighted by Gasteiger charge is 2.14. The van der Waals surface area contributed by atoms with Crippen LogP contribution in [0.15, 0.2) is 213 Å². The van der Waals surface area contributed by atoms with Gasteiger partial charge in [0.2, 0.25) is 0 Å². The summed E-state index contributed by atoms with van der Waals surface area (Å²) in [5.41, 5.74) is 11.7. The molecule has 0 spiro atoms. The van der Waals surface area contributed by atoms with E-state index in [1.165, 1.54) is 5.56 Å². The minimum atomic E-state index is -0.958. The number of hydrogen-bond donors (Lipinski definition) is 3. The molecule has 0 unspecified atom stereocenters. The lowest BCUT2D eigenvalue weighted by molar-refractivity contribution is 0.0470. The van der Waals surface area contributed by atoms with Crippen LogP contribution < -0.4 is 0 Å². The van der Waals surface area contributed by atoms with E-state index in [4.69, 9.17) is 20.1 Å². The van der Waals surface area contributed by atoms with Crippen molar-refractivity contribution < 1.29 is 34.4 Å². The third-order valence-corrected chi connectivity index (χ3v) is 10.8. The Labute approximate surface area is 405 Å². The molecular formula is C59H48N4O7. The summed E-state index contributed by atoms with van der Waals surface area (Å²) in [4.78, 5) is 50.9. The lowest BCUT2D eigenvalue weighted by Crippen LogP contribution is -2.08. The maximum absolute atomic E-state index is 12.6. The number of aliphatic hydroxyl groups is 1.